The Morgan fingerprint density at radius 2 is 1.52 bits per heavy atom. The van der Waals surface area contributed by atoms with Crippen molar-refractivity contribution in [2.45, 2.75) is 112 Å². The van der Waals surface area contributed by atoms with Gasteiger partial charge in [-0.15, -0.1) is 0 Å². The molecular formula is C30H48O3. The molecule has 33 heavy (non-hydrogen) atoms. The maximum absolute atomic E-state index is 12.8. The van der Waals surface area contributed by atoms with Gasteiger partial charge < -0.3 is 10.2 Å². The van der Waals surface area contributed by atoms with Crippen molar-refractivity contribution in [1.29, 1.82) is 0 Å². The van der Waals surface area contributed by atoms with E-state index in [2.05, 4.69) is 48.1 Å². The van der Waals surface area contributed by atoms with Crippen LogP contribution >= 0.6 is 0 Å². The van der Waals surface area contributed by atoms with Gasteiger partial charge in [-0.3, -0.25) is 4.79 Å². The van der Waals surface area contributed by atoms with Crippen LogP contribution in [-0.2, 0) is 4.79 Å². The van der Waals surface area contributed by atoms with Crippen LogP contribution in [0.5, 0.6) is 0 Å². The van der Waals surface area contributed by atoms with Crippen LogP contribution in [0.25, 0.3) is 0 Å². The van der Waals surface area contributed by atoms with Crippen LogP contribution < -0.4 is 0 Å². The molecule has 3 nitrogen and oxygen atoms in total. The molecule has 0 bridgehead atoms. The van der Waals surface area contributed by atoms with Gasteiger partial charge in [0.2, 0.25) is 0 Å². The minimum Gasteiger partial charge on any atom is -0.481 e. The van der Waals surface area contributed by atoms with Crippen molar-refractivity contribution in [2.24, 2.45) is 56.7 Å². The molecule has 0 unspecified atom stereocenters. The van der Waals surface area contributed by atoms with Crippen LogP contribution in [0.15, 0.2) is 12.2 Å². The van der Waals surface area contributed by atoms with Crippen LogP contribution in [0.3, 0.4) is 0 Å². The Morgan fingerprint density at radius 1 is 0.818 bits per heavy atom. The first-order chi connectivity index (χ1) is 15.3. The summed E-state index contributed by atoms with van der Waals surface area (Å²) in [6.45, 7) is 18.8. The summed E-state index contributed by atoms with van der Waals surface area (Å²) in [5.41, 5.74) is 1.35. The van der Waals surface area contributed by atoms with Crippen molar-refractivity contribution >= 4 is 5.97 Å². The molecule has 0 aromatic heterocycles. The predicted octanol–water partition coefficient (Wildman–Crippen LogP) is 7.09. The van der Waals surface area contributed by atoms with E-state index in [1.165, 1.54) is 31.3 Å². The summed E-state index contributed by atoms with van der Waals surface area (Å²) in [6.07, 6.45) is 10.5. The number of aliphatic hydroxyl groups is 1. The number of allylic oxidation sites excluding steroid dienone is 1. The highest BCUT2D eigenvalue weighted by atomic mass is 16.4. The summed E-state index contributed by atoms with van der Waals surface area (Å²) in [4.78, 5) is 12.8. The molecule has 5 aliphatic carbocycles. The molecule has 0 aromatic rings. The fourth-order valence-corrected chi connectivity index (χ4v) is 11.5. The number of carbonyl (C=O) groups is 1. The second kappa shape index (κ2) is 7.11. The lowest BCUT2D eigenvalue weighted by Gasteiger charge is -2.72. The summed E-state index contributed by atoms with van der Waals surface area (Å²) < 4.78 is 0. The molecule has 0 amide bonds. The van der Waals surface area contributed by atoms with Gasteiger partial charge in [0.15, 0.2) is 0 Å². The minimum absolute atomic E-state index is 0.0202. The van der Waals surface area contributed by atoms with E-state index in [0.29, 0.717) is 23.7 Å². The van der Waals surface area contributed by atoms with Crippen LogP contribution in [-0.4, -0.2) is 22.3 Å². The summed E-state index contributed by atoms with van der Waals surface area (Å²) in [5, 5.41) is 21.4. The van der Waals surface area contributed by atoms with Crippen molar-refractivity contribution in [3.05, 3.63) is 12.2 Å². The molecule has 186 valence electrons. The van der Waals surface area contributed by atoms with Gasteiger partial charge in [-0.2, -0.15) is 0 Å². The lowest BCUT2D eigenvalue weighted by molar-refractivity contribution is -0.248. The number of aliphatic carboxylic acids is 1. The lowest BCUT2D eigenvalue weighted by atomic mass is 9.32. The van der Waals surface area contributed by atoms with Crippen LogP contribution in [0.4, 0.5) is 0 Å². The normalized spacial score (nSPS) is 55.0. The summed E-state index contributed by atoms with van der Waals surface area (Å²) in [7, 11) is 0. The van der Waals surface area contributed by atoms with Crippen molar-refractivity contribution in [1.82, 2.24) is 0 Å². The van der Waals surface area contributed by atoms with Crippen LogP contribution in [0, 0.1) is 56.7 Å². The zero-order chi connectivity index (χ0) is 24.2. The van der Waals surface area contributed by atoms with Crippen molar-refractivity contribution in [3.8, 4) is 0 Å². The first kappa shape index (κ1) is 23.9. The Bertz CT molecular complexity index is 861. The number of rotatable bonds is 2. The third-order valence-corrected chi connectivity index (χ3v) is 13.5. The number of hydrogen-bond donors (Lipinski definition) is 2. The highest BCUT2D eigenvalue weighted by Crippen LogP contribution is 2.77. The van der Waals surface area contributed by atoms with E-state index in [4.69, 9.17) is 0 Å². The molecule has 0 saturated heterocycles. The molecule has 0 spiro atoms. The summed E-state index contributed by atoms with van der Waals surface area (Å²) in [5.74, 6) is 1.79. The van der Waals surface area contributed by atoms with Gasteiger partial charge >= 0.3 is 5.97 Å². The maximum atomic E-state index is 12.8. The highest BCUT2D eigenvalue weighted by Gasteiger charge is 2.71. The van der Waals surface area contributed by atoms with E-state index in [1.54, 1.807) is 0 Å². The molecule has 3 heteroatoms. The first-order valence-corrected chi connectivity index (χ1v) is 13.8. The average molecular weight is 457 g/mol. The van der Waals surface area contributed by atoms with Gasteiger partial charge in [0, 0.05) is 0 Å². The quantitative estimate of drug-likeness (QED) is 0.436. The summed E-state index contributed by atoms with van der Waals surface area (Å²) in [6, 6.07) is 0. The third-order valence-electron chi connectivity index (χ3n) is 13.5. The largest absolute Gasteiger partial charge is 0.481 e. The van der Waals surface area contributed by atoms with Gasteiger partial charge in [0.05, 0.1) is 11.5 Å². The third kappa shape index (κ3) is 2.75. The van der Waals surface area contributed by atoms with Gasteiger partial charge in [-0.25, -0.2) is 0 Å². The highest BCUT2D eigenvalue weighted by molar-refractivity contribution is 5.76. The molecule has 10 atom stereocenters. The molecule has 0 radical (unpaired) electrons. The fourth-order valence-electron chi connectivity index (χ4n) is 11.5. The molecular weight excluding hydrogens is 408 g/mol. The Labute approximate surface area is 201 Å². The SMILES string of the molecule is C=C(C)[C@H]1CC[C@@]2(C(=O)O)CC[C@]3(C)[C@H](CC[C@@H]4[C@@]5(C)CC[C@@H](O)C(C)(C)[C@H]5CC[C@]43C)[C@H]12. The lowest BCUT2D eigenvalue weighted by Crippen LogP contribution is -2.67. The average Bonchev–Trinajstić information content (AvgIpc) is 3.13. The number of carboxylic acid groups (broad SMARTS) is 1. The Balaban J connectivity index is 1.57. The number of carboxylic acids is 1. The smallest absolute Gasteiger partial charge is 0.309 e. The van der Waals surface area contributed by atoms with E-state index < -0.39 is 11.4 Å². The van der Waals surface area contributed by atoms with Crippen LogP contribution in [0.2, 0.25) is 0 Å². The zero-order valence-electron chi connectivity index (χ0n) is 22.0. The van der Waals surface area contributed by atoms with Gasteiger partial charge in [0.1, 0.15) is 0 Å². The van der Waals surface area contributed by atoms with Gasteiger partial charge in [0.25, 0.3) is 0 Å². The monoisotopic (exact) mass is 456 g/mol. The molecule has 5 aliphatic rings. The topological polar surface area (TPSA) is 57.5 Å². The van der Waals surface area contributed by atoms with E-state index in [0.717, 1.165) is 38.5 Å². The van der Waals surface area contributed by atoms with Crippen molar-refractivity contribution < 1.29 is 15.0 Å². The van der Waals surface area contributed by atoms with Gasteiger partial charge in [-0.1, -0.05) is 46.8 Å². The number of fused-ring (bicyclic) bond motifs is 7. The second-order valence-corrected chi connectivity index (χ2v) is 14.5. The van der Waals surface area contributed by atoms with Crippen molar-refractivity contribution in [3.63, 3.8) is 0 Å². The number of hydrogen-bond acceptors (Lipinski definition) is 2. The summed E-state index contributed by atoms with van der Waals surface area (Å²) >= 11 is 0. The van der Waals surface area contributed by atoms with E-state index in [1.807, 2.05) is 0 Å². The standard InChI is InChI=1S/C30H48O3/c1-18(2)19-10-15-30(25(32)33)17-16-28(6)20(24(19)30)8-9-22-27(5)13-12-23(31)26(3,4)21(27)11-14-29(22,28)7/h19-24,31H,1,8-17H2,2-7H3,(H,32,33)/t19-,20-,21-,22-,23-,24+,27+,28-,29-,30-/m1/s1. The Hall–Kier alpha value is -0.830. The Kier molecular flexibility index (Phi) is 5.15. The second-order valence-electron chi connectivity index (χ2n) is 14.5. The molecule has 0 aliphatic heterocycles. The fraction of sp³-hybridized carbons (Fsp3) is 0.900. The van der Waals surface area contributed by atoms with Gasteiger partial charge in [-0.05, 0) is 122 Å². The molecule has 5 rings (SSSR count). The molecule has 5 fully saturated rings. The minimum atomic E-state index is -0.538. The number of aliphatic hydroxyl groups excluding tert-OH is 1. The van der Waals surface area contributed by atoms with E-state index in [9.17, 15) is 15.0 Å². The molecule has 5 saturated carbocycles. The van der Waals surface area contributed by atoms with E-state index >= 15 is 0 Å². The molecule has 0 heterocycles. The zero-order valence-corrected chi connectivity index (χ0v) is 22.0. The van der Waals surface area contributed by atoms with Crippen LogP contribution in [0.1, 0.15) is 106 Å². The van der Waals surface area contributed by atoms with Crippen molar-refractivity contribution in [2.75, 3.05) is 0 Å². The molecule has 0 aromatic carbocycles. The first-order valence-electron chi connectivity index (χ1n) is 13.8. The Morgan fingerprint density at radius 3 is 2.15 bits per heavy atom. The molecule has 2 N–H and O–H groups in total. The maximum Gasteiger partial charge on any atom is 0.309 e. The predicted molar refractivity (Wildman–Crippen MR) is 133 cm³/mol. The van der Waals surface area contributed by atoms with E-state index in [-0.39, 0.29) is 33.7 Å².